The van der Waals surface area contributed by atoms with Gasteiger partial charge in [0.05, 0.1) is 22.7 Å². The summed E-state index contributed by atoms with van der Waals surface area (Å²) in [5.41, 5.74) is 7.22. The van der Waals surface area contributed by atoms with Crippen molar-refractivity contribution in [3.63, 3.8) is 0 Å². The molecule has 1 aromatic carbocycles. The number of anilines is 2. The van der Waals surface area contributed by atoms with Gasteiger partial charge in [-0.1, -0.05) is 11.6 Å². The number of benzene rings is 1. The fourth-order valence-electron chi connectivity index (χ4n) is 1.55. The SMILES string of the molecule is CCN(CC(C)C#N)c1ccc(N)cc1Cl. The summed E-state index contributed by atoms with van der Waals surface area (Å²) in [6, 6.07) is 7.67. The van der Waals surface area contributed by atoms with Gasteiger partial charge in [0.1, 0.15) is 0 Å². The Morgan fingerprint density at radius 1 is 1.56 bits per heavy atom. The predicted octanol–water partition coefficient (Wildman–Crippen LogP) is 2.91. The maximum Gasteiger partial charge on any atom is 0.0671 e. The Morgan fingerprint density at radius 3 is 2.75 bits per heavy atom. The average molecular weight is 238 g/mol. The van der Waals surface area contributed by atoms with Crippen LogP contribution in [0.1, 0.15) is 13.8 Å². The third kappa shape index (κ3) is 3.04. The molecule has 2 N–H and O–H groups in total. The van der Waals surface area contributed by atoms with Gasteiger partial charge in [-0.15, -0.1) is 0 Å². The Hall–Kier alpha value is -1.40. The zero-order valence-corrected chi connectivity index (χ0v) is 10.3. The van der Waals surface area contributed by atoms with Crippen molar-refractivity contribution in [2.24, 2.45) is 5.92 Å². The molecular weight excluding hydrogens is 222 g/mol. The van der Waals surface area contributed by atoms with Gasteiger partial charge in [-0.2, -0.15) is 5.26 Å². The molecule has 0 amide bonds. The first-order chi connectivity index (χ1) is 7.58. The fraction of sp³-hybridized carbons (Fsp3) is 0.417. The summed E-state index contributed by atoms with van der Waals surface area (Å²) in [7, 11) is 0. The van der Waals surface area contributed by atoms with Crippen molar-refractivity contribution >= 4 is 23.0 Å². The second-order valence-electron chi connectivity index (χ2n) is 3.78. The molecule has 1 unspecified atom stereocenters. The van der Waals surface area contributed by atoms with Gasteiger partial charge >= 0.3 is 0 Å². The number of nitrogens with zero attached hydrogens (tertiary/aromatic N) is 2. The van der Waals surface area contributed by atoms with Gasteiger partial charge in [-0.05, 0) is 32.0 Å². The van der Waals surface area contributed by atoms with Crippen LogP contribution in [0.25, 0.3) is 0 Å². The van der Waals surface area contributed by atoms with Crippen LogP contribution in [0.4, 0.5) is 11.4 Å². The minimum Gasteiger partial charge on any atom is -0.399 e. The first-order valence-corrected chi connectivity index (χ1v) is 5.65. The Bertz CT molecular complexity index is 398. The number of hydrogen-bond acceptors (Lipinski definition) is 3. The van der Waals surface area contributed by atoms with E-state index < -0.39 is 0 Å². The molecule has 0 bridgehead atoms. The standard InChI is InChI=1S/C12H16ClN3/c1-3-16(8-9(2)7-14)12-5-4-10(15)6-11(12)13/h4-6,9H,3,8,15H2,1-2H3. The lowest BCUT2D eigenvalue weighted by atomic mass is 10.1. The van der Waals surface area contributed by atoms with Crippen LogP contribution in [0.3, 0.4) is 0 Å². The van der Waals surface area contributed by atoms with Crippen molar-refractivity contribution in [2.45, 2.75) is 13.8 Å². The maximum atomic E-state index is 8.81. The third-order valence-electron chi connectivity index (χ3n) is 2.41. The summed E-state index contributed by atoms with van der Waals surface area (Å²) in [4.78, 5) is 2.08. The van der Waals surface area contributed by atoms with Crippen LogP contribution in [0, 0.1) is 17.2 Å². The van der Waals surface area contributed by atoms with Crippen LogP contribution in [-0.2, 0) is 0 Å². The summed E-state index contributed by atoms with van der Waals surface area (Å²) in [6.45, 7) is 5.43. The highest BCUT2D eigenvalue weighted by Gasteiger charge is 2.11. The number of nitriles is 1. The van der Waals surface area contributed by atoms with Gasteiger partial charge in [-0.3, -0.25) is 0 Å². The van der Waals surface area contributed by atoms with Crippen molar-refractivity contribution in [2.75, 3.05) is 23.7 Å². The van der Waals surface area contributed by atoms with E-state index in [2.05, 4.69) is 11.0 Å². The molecule has 86 valence electrons. The zero-order chi connectivity index (χ0) is 12.1. The normalized spacial score (nSPS) is 11.9. The number of nitrogen functional groups attached to an aromatic ring is 1. The molecule has 0 fully saturated rings. The van der Waals surface area contributed by atoms with E-state index in [9.17, 15) is 0 Å². The largest absolute Gasteiger partial charge is 0.399 e. The molecular formula is C12H16ClN3. The number of halogens is 1. The van der Waals surface area contributed by atoms with Gasteiger partial charge in [-0.25, -0.2) is 0 Å². The van der Waals surface area contributed by atoms with E-state index in [-0.39, 0.29) is 5.92 Å². The van der Waals surface area contributed by atoms with E-state index >= 15 is 0 Å². The average Bonchev–Trinajstić information content (AvgIpc) is 2.26. The summed E-state index contributed by atoms with van der Waals surface area (Å²) in [5.74, 6) is -0.0198. The zero-order valence-electron chi connectivity index (χ0n) is 9.57. The van der Waals surface area contributed by atoms with Gasteiger partial charge in [0.25, 0.3) is 0 Å². The minimum absolute atomic E-state index is 0.0198. The Morgan fingerprint density at radius 2 is 2.25 bits per heavy atom. The third-order valence-corrected chi connectivity index (χ3v) is 2.71. The molecule has 0 aliphatic heterocycles. The predicted molar refractivity (Wildman–Crippen MR) is 68.5 cm³/mol. The van der Waals surface area contributed by atoms with E-state index in [1.807, 2.05) is 26.0 Å². The monoisotopic (exact) mass is 237 g/mol. The lowest BCUT2D eigenvalue weighted by molar-refractivity contribution is 0.686. The Kier molecular flexibility index (Phi) is 4.45. The topological polar surface area (TPSA) is 53.0 Å². The van der Waals surface area contributed by atoms with Crippen LogP contribution in [0.2, 0.25) is 5.02 Å². The maximum absolute atomic E-state index is 8.81. The smallest absolute Gasteiger partial charge is 0.0671 e. The lowest BCUT2D eigenvalue weighted by Crippen LogP contribution is -2.27. The molecule has 0 saturated heterocycles. The lowest BCUT2D eigenvalue weighted by Gasteiger charge is -2.25. The van der Waals surface area contributed by atoms with Gasteiger partial charge < -0.3 is 10.6 Å². The van der Waals surface area contributed by atoms with Crippen molar-refractivity contribution in [1.82, 2.24) is 0 Å². The molecule has 0 aliphatic rings. The van der Waals surface area contributed by atoms with Crippen LogP contribution in [0.5, 0.6) is 0 Å². The quantitative estimate of drug-likeness (QED) is 0.820. The van der Waals surface area contributed by atoms with E-state index in [4.69, 9.17) is 22.6 Å². The first kappa shape index (κ1) is 12.7. The molecule has 0 aliphatic carbocycles. The highest BCUT2D eigenvalue weighted by Crippen LogP contribution is 2.28. The van der Waals surface area contributed by atoms with Crippen molar-refractivity contribution in [1.29, 1.82) is 5.26 Å². The summed E-state index contributed by atoms with van der Waals surface area (Å²) in [6.07, 6.45) is 0. The summed E-state index contributed by atoms with van der Waals surface area (Å²) >= 11 is 6.13. The first-order valence-electron chi connectivity index (χ1n) is 5.28. The molecule has 1 atom stereocenters. The molecule has 0 aromatic heterocycles. The van der Waals surface area contributed by atoms with Crippen molar-refractivity contribution < 1.29 is 0 Å². The molecule has 3 nitrogen and oxygen atoms in total. The number of nitrogens with two attached hydrogens (primary N) is 1. The molecule has 1 rings (SSSR count). The highest BCUT2D eigenvalue weighted by molar-refractivity contribution is 6.33. The molecule has 0 radical (unpaired) electrons. The number of hydrogen-bond donors (Lipinski definition) is 1. The van der Waals surface area contributed by atoms with E-state index in [0.717, 1.165) is 12.2 Å². The van der Waals surface area contributed by atoms with E-state index in [0.29, 0.717) is 17.3 Å². The Labute approximate surface area is 101 Å². The van der Waals surface area contributed by atoms with Gasteiger partial charge in [0.2, 0.25) is 0 Å². The molecule has 1 aromatic rings. The van der Waals surface area contributed by atoms with Crippen LogP contribution < -0.4 is 10.6 Å². The molecule has 4 heteroatoms. The van der Waals surface area contributed by atoms with E-state index in [1.54, 1.807) is 6.07 Å². The molecule has 0 saturated carbocycles. The van der Waals surface area contributed by atoms with E-state index in [1.165, 1.54) is 0 Å². The van der Waals surface area contributed by atoms with Crippen LogP contribution >= 0.6 is 11.6 Å². The number of rotatable bonds is 4. The fourth-order valence-corrected chi connectivity index (χ4v) is 1.86. The highest BCUT2D eigenvalue weighted by atomic mass is 35.5. The Balaban J connectivity index is 2.91. The van der Waals surface area contributed by atoms with Crippen LogP contribution in [0.15, 0.2) is 18.2 Å². The van der Waals surface area contributed by atoms with Crippen LogP contribution in [-0.4, -0.2) is 13.1 Å². The summed E-state index contributed by atoms with van der Waals surface area (Å²) < 4.78 is 0. The summed E-state index contributed by atoms with van der Waals surface area (Å²) in [5, 5.41) is 9.44. The van der Waals surface area contributed by atoms with Crippen molar-refractivity contribution in [3.05, 3.63) is 23.2 Å². The minimum atomic E-state index is -0.0198. The second-order valence-corrected chi connectivity index (χ2v) is 4.19. The molecule has 0 heterocycles. The van der Waals surface area contributed by atoms with Crippen molar-refractivity contribution in [3.8, 4) is 6.07 Å². The second kappa shape index (κ2) is 5.62. The van der Waals surface area contributed by atoms with Gasteiger partial charge in [0, 0.05) is 18.8 Å². The molecule has 0 spiro atoms. The molecule has 16 heavy (non-hydrogen) atoms. The van der Waals surface area contributed by atoms with Gasteiger partial charge in [0.15, 0.2) is 0 Å².